The molecule has 2 aromatic heterocycles. The van der Waals surface area contributed by atoms with Crippen molar-refractivity contribution in [2.45, 2.75) is 13.8 Å². The molecule has 1 aliphatic carbocycles. The molecule has 0 spiro atoms. The van der Waals surface area contributed by atoms with Crippen LogP contribution in [0.1, 0.15) is 39.5 Å². The fraction of sp³-hybridized carbons (Fsp3) is 0.0952. The Hall–Kier alpha value is -3.94. The zero-order chi connectivity index (χ0) is 33.1. The van der Waals surface area contributed by atoms with Crippen LogP contribution < -0.4 is 15.9 Å². The molecule has 0 unspecified atom stereocenters. The van der Waals surface area contributed by atoms with Gasteiger partial charge in [0.25, 0.3) is 0 Å². The normalized spacial score (nSPS) is 16.1. The number of allylic oxidation sites excluding steroid dienone is 5. The molecular formula is C42H31O2OsPS2+. The second-order valence-electron chi connectivity index (χ2n) is 11.3. The first-order valence-corrected chi connectivity index (χ1v) is 20.3. The molecule has 1 fully saturated rings. The minimum atomic E-state index is -2.47. The third-order valence-corrected chi connectivity index (χ3v) is 16.2. The molecule has 0 radical (unpaired) electrons. The van der Waals surface area contributed by atoms with Gasteiger partial charge in [-0.2, -0.15) is 0 Å². The van der Waals surface area contributed by atoms with Crippen molar-refractivity contribution in [3.63, 3.8) is 0 Å². The molecule has 0 atom stereocenters. The molecule has 48 heavy (non-hydrogen) atoms. The predicted molar refractivity (Wildman–Crippen MR) is 201 cm³/mol. The zero-order valence-electron chi connectivity index (χ0n) is 26.5. The van der Waals surface area contributed by atoms with Gasteiger partial charge in [0, 0.05) is 0 Å². The Kier molecular flexibility index (Phi) is 9.69. The standard InChI is InChI=1S/C42H31O2PS2.Os/c1-4-15-36-25-38-40(43)39-26-37(47-42(39)41(38)46-36)23-22-31(24-32-28-44-27-30(32)5-2)29(3)45(33-16-9-6-10-17-33,34-18-11-7-12-19-34)35-20-13-8-14-21-35;/h4-21,24-26H,27-28H2,1-2H3;/q+1;/b15-4+,30-5?,31-29?,32-24?;. The van der Waals surface area contributed by atoms with Crippen LogP contribution in [0.4, 0.5) is 0 Å². The summed E-state index contributed by atoms with van der Waals surface area (Å²) in [7, 11) is -2.47. The van der Waals surface area contributed by atoms with E-state index in [1.54, 1.807) is 40.6 Å². The van der Waals surface area contributed by atoms with Crippen molar-refractivity contribution in [2.24, 2.45) is 0 Å². The summed E-state index contributed by atoms with van der Waals surface area (Å²) in [5.41, 5.74) is 4.80. The van der Waals surface area contributed by atoms with Crippen molar-refractivity contribution in [3.8, 4) is 26.0 Å². The summed E-state index contributed by atoms with van der Waals surface area (Å²) in [5.74, 6) is 7.28. The van der Waals surface area contributed by atoms with E-state index in [0.29, 0.717) is 13.2 Å². The van der Waals surface area contributed by atoms with Gasteiger partial charge in [-0.1, -0.05) is 6.08 Å². The van der Waals surface area contributed by atoms with Crippen molar-refractivity contribution in [1.82, 2.24) is 0 Å². The summed E-state index contributed by atoms with van der Waals surface area (Å²) >= 11 is 5.03. The molecule has 0 N–H and O–H groups in total. The minimum absolute atomic E-state index is 0.0919. The SMILES string of the molecule is CC=C1COCC1=CC(C#Cc1cc2c(s1)-c1sc(/C=C/C)cc1C2=O)=C([C]#[Os])[P+](c1ccccc1)(c1ccccc1)c1ccccc1. The third kappa shape index (κ3) is 5.85. The van der Waals surface area contributed by atoms with E-state index in [0.717, 1.165) is 47.1 Å². The molecule has 6 heteroatoms. The van der Waals surface area contributed by atoms with Gasteiger partial charge in [0.1, 0.15) is 0 Å². The Balaban J connectivity index is 1.50. The first kappa shape index (κ1) is 32.6. The van der Waals surface area contributed by atoms with Crippen molar-refractivity contribution < 1.29 is 27.5 Å². The maximum atomic E-state index is 13.4. The third-order valence-electron chi connectivity index (χ3n) is 8.53. The Bertz CT molecular complexity index is 2160. The topological polar surface area (TPSA) is 26.3 Å². The summed E-state index contributed by atoms with van der Waals surface area (Å²) in [4.78, 5) is 17.5. The zero-order valence-corrected chi connectivity index (χ0v) is 31.5. The van der Waals surface area contributed by atoms with Crippen molar-refractivity contribution >= 4 is 57.7 Å². The van der Waals surface area contributed by atoms with E-state index in [2.05, 4.69) is 132 Å². The molecule has 5 aromatic rings. The van der Waals surface area contributed by atoms with Crippen LogP contribution in [0, 0.1) is 16.2 Å². The molecule has 2 nitrogen and oxygen atoms in total. The molecule has 1 saturated heterocycles. The number of benzene rings is 3. The Morgan fingerprint density at radius 1 is 0.792 bits per heavy atom. The number of ketones is 1. The van der Waals surface area contributed by atoms with Crippen LogP contribution >= 0.6 is 29.9 Å². The Morgan fingerprint density at radius 3 is 1.92 bits per heavy atom. The van der Waals surface area contributed by atoms with Gasteiger partial charge in [-0.3, -0.25) is 0 Å². The summed E-state index contributed by atoms with van der Waals surface area (Å²) in [6, 6.07) is 36.5. The molecule has 0 bridgehead atoms. The molecule has 0 saturated carbocycles. The number of fused-ring (bicyclic) bond motifs is 3. The van der Waals surface area contributed by atoms with Crippen LogP contribution in [0.5, 0.6) is 0 Å². The predicted octanol–water partition coefficient (Wildman–Crippen LogP) is 9.06. The van der Waals surface area contributed by atoms with Gasteiger partial charge in [-0.15, -0.1) is 0 Å². The van der Waals surface area contributed by atoms with Gasteiger partial charge in [0.05, 0.1) is 0 Å². The molecule has 2 aliphatic rings. The van der Waals surface area contributed by atoms with Crippen LogP contribution in [0.25, 0.3) is 15.8 Å². The second-order valence-corrected chi connectivity index (χ2v) is 17.4. The average molecular weight is 853 g/mol. The summed E-state index contributed by atoms with van der Waals surface area (Å²) in [6.07, 6.45) is 8.43. The van der Waals surface area contributed by atoms with E-state index >= 15 is 0 Å². The number of hydrogen-bond acceptors (Lipinski definition) is 4. The van der Waals surface area contributed by atoms with E-state index in [9.17, 15) is 4.79 Å². The molecule has 3 heterocycles. The van der Waals surface area contributed by atoms with E-state index in [1.165, 1.54) is 21.5 Å². The van der Waals surface area contributed by atoms with Crippen LogP contribution in [-0.4, -0.2) is 19.0 Å². The monoisotopic (exact) mass is 854 g/mol. The van der Waals surface area contributed by atoms with Gasteiger partial charge in [0.15, 0.2) is 0 Å². The Labute approximate surface area is 300 Å². The van der Waals surface area contributed by atoms with E-state index in [-0.39, 0.29) is 5.78 Å². The molecular weight excluding hydrogens is 822 g/mol. The van der Waals surface area contributed by atoms with Gasteiger partial charge in [-0.05, 0) is 6.92 Å². The van der Waals surface area contributed by atoms with Crippen LogP contribution in [0.2, 0.25) is 0 Å². The summed E-state index contributed by atoms with van der Waals surface area (Å²) in [5, 5.41) is 4.81. The molecule has 7 rings (SSSR count). The van der Waals surface area contributed by atoms with E-state index in [4.69, 9.17) is 4.74 Å². The fourth-order valence-electron chi connectivity index (χ4n) is 6.33. The fourth-order valence-corrected chi connectivity index (χ4v) is 14.4. The Morgan fingerprint density at radius 2 is 1.35 bits per heavy atom. The molecule has 1 aliphatic heterocycles. The number of ether oxygens (including phenoxy) is 1. The van der Waals surface area contributed by atoms with Crippen LogP contribution in [-0.2, 0) is 22.7 Å². The first-order valence-electron chi connectivity index (χ1n) is 15.7. The van der Waals surface area contributed by atoms with Gasteiger partial charge in [0.2, 0.25) is 0 Å². The van der Waals surface area contributed by atoms with Crippen LogP contribution in [0.15, 0.2) is 143 Å². The quantitative estimate of drug-likeness (QED) is 0.124. The maximum absolute atomic E-state index is 13.4. The molecule has 0 amide bonds. The van der Waals surface area contributed by atoms with Crippen molar-refractivity contribution in [1.29, 1.82) is 0 Å². The number of carbonyl (C=O) groups excluding carboxylic acids is 1. The number of hydrogen-bond donors (Lipinski definition) is 0. The van der Waals surface area contributed by atoms with Gasteiger partial charge >= 0.3 is 289 Å². The molecule has 235 valence electrons. The van der Waals surface area contributed by atoms with Gasteiger partial charge in [-0.25, -0.2) is 0 Å². The first-order chi connectivity index (χ1) is 23.6. The second kappa shape index (κ2) is 14.3. The van der Waals surface area contributed by atoms with E-state index in [1.807, 2.05) is 25.1 Å². The van der Waals surface area contributed by atoms with Crippen molar-refractivity contribution in [3.05, 3.63) is 164 Å². The number of carbonyl (C=O) groups is 1. The summed E-state index contributed by atoms with van der Waals surface area (Å²) < 4.78 is 9.68. The van der Waals surface area contributed by atoms with E-state index < -0.39 is 7.26 Å². The molecule has 3 aromatic carbocycles. The van der Waals surface area contributed by atoms with Gasteiger partial charge < -0.3 is 0 Å². The van der Waals surface area contributed by atoms with Crippen LogP contribution in [0.3, 0.4) is 0 Å². The number of thiophene rings is 2. The van der Waals surface area contributed by atoms with Crippen molar-refractivity contribution in [2.75, 3.05) is 13.2 Å². The number of rotatable bonds is 6. The average Bonchev–Trinajstić information content (AvgIpc) is 3.91. The summed E-state index contributed by atoms with van der Waals surface area (Å²) in [6.45, 7) is 5.19.